The van der Waals surface area contributed by atoms with Crippen molar-refractivity contribution in [2.24, 2.45) is 0 Å². The van der Waals surface area contributed by atoms with Crippen LogP contribution in [0.15, 0.2) is 46.2 Å². The first-order valence-electron chi connectivity index (χ1n) is 7.36. The quantitative estimate of drug-likeness (QED) is 0.317. The minimum absolute atomic E-state index is 0.160. The van der Waals surface area contributed by atoms with Crippen LogP contribution in [0.3, 0.4) is 0 Å². The Morgan fingerprint density at radius 2 is 1.04 bits per heavy atom. The smallest absolute Gasteiger partial charge is 0.129 e. The summed E-state index contributed by atoms with van der Waals surface area (Å²) in [5.74, 6) is 2.46. The van der Waals surface area contributed by atoms with E-state index in [1.807, 2.05) is 0 Å². The van der Waals surface area contributed by atoms with Gasteiger partial charge in [0.15, 0.2) is 0 Å². The number of hydrogen-bond donors (Lipinski definition) is 4. The summed E-state index contributed by atoms with van der Waals surface area (Å²) in [5.41, 5.74) is 0. The zero-order valence-corrected chi connectivity index (χ0v) is 14.2. The monoisotopic (exact) mass is 352 g/mol. The Labute approximate surface area is 144 Å². The molecule has 6 heteroatoms. The molecule has 0 radical (unpaired) electrons. The first kappa shape index (κ1) is 17.7. The number of aromatic hydroxyl groups is 4. The van der Waals surface area contributed by atoms with Crippen molar-refractivity contribution in [2.45, 2.75) is 29.1 Å². The fraction of sp³-hybridized carbons (Fsp3) is 0.294. The number of benzene rings is 2. The Morgan fingerprint density at radius 3 is 1.48 bits per heavy atom. The summed E-state index contributed by atoms with van der Waals surface area (Å²) < 4.78 is 0. The number of phenols is 4. The molecule has 0 amide bonds. The molecular formula is C17H20O4S2. The van der Waals surface area contributed by atoms with E-state index < -0.39 is 0 Å². The van der Waals surface area contributed by atoms with Crippen molar-refractivity contribution in [2.75, 3.05) is 11.5 Å². The maximum absolute atomic E-state index is 9.67. The van der Waals surface area contributed by atoms with Crippen LogP contribution in [0, 0.1) is 0 Å². The number of phenolic OH excluding ortho intramolecular Hbond substituents is 4. The van der Waals surface area contributed by atoms with Gasteiger partial charge in [0.1, 0.15) is 23.0 Å². The van der Waals surface area contributed by atoms with Gasteiger partial charge in [-0.2, -0.15) is 0 Å². The minimum atomic E-state index is 0.160. The first-order chi connectivity index (χ1) is 11.1. The predicted octanol–water partition coefficient (Wildman–Crippen LogP) is 4.56. The van der Waals surface area contributed by atoms with Crippen molar-refractivity contribution in [3.63, 3.8) is 0 Å². The van der Waals surface area contributed by atoms with Crippen molar-refractivity contribution in [3.05, 3.63) is 36.4 Å². The van der Waals surface area contributed by atoms with Gasteiger partial charge in [-0.05, 0) is 60.7 Å². The van der Waals surface area contributed by atoms with Crippen LogP contribution >= 0.6 is 23.5 Å². The molecule has 4 nitrogen and oxygen atoms in total. The second kappa shape index (κ2) is 8.84. The molecule has 2 aromatic carbocycles. The molecule has 0 aromatic heterocycles. The molecule has 0 saturated carbocycles. The molecule has 0 heterocycles. The standard InChI is InChI=1S/C17H20O4S2/c18-12-4-6-14(20)16(10-12)22-8-2-1-3-9-23-17-11-13(19)5-7-15(17)21/h4-7,10-11,18-21H,1-3,8-9H2. The van der Waals surface area contributed by atoms with Crippen molar-refractivity contribution in [1.29, 1.82) is 0 Å². The van der Waals surface area contributed by atoms with Gasteiger partial charge in [-0.15, -0.1) is 23.5 Å². The Hall–Kier alpha value is -1.66. The van der Waals surface area contributed by atoms with Gasteiger partial charge in [-0.3, -0.25) is 0 Å². The summed E-state index contributed by atoms with van der Waals surface area (Å²) in [6.45, 7) is 0. The SMILES string of the molecule is Oc1ccc(O)c(SCCCCCSc2cc(O)ccc2O)c1. The van der Waals surface area contributed by atoms with Crippen LogP contribution in [0.1, 0.15) is 19.3 Å². The van der Waals surface area contributed by atoms with Gasteiger partial charge in [0, 0.05) is 0 Å². The van der Waals surface area contributed by atoms with E-state index >= 15 is 0 Å². The molecule has 0 fully saturated rings. The van der Waals surface area contributed by atoms with E-state index in [4.69, 9.17) is 0 Å². The molecule has 0 bridgehead atoms. The lowest BCUT2D eigenvalue weighted by Gasteiger charge is -2.06. The van der Waals surface area contributed by atoms with Gasteiger partial charge in [-0.25, -0.2) is 0 Å². The highest BCUT2D eigenvalue weighted by atomic mass is 32.2. The van der Waals surface area contributed by atoms with E-state index in [2.05, 4.69) is 0 Å². The fourth-order valence-electron chi connectivity index (χ4n) is 1.98. The molecule has 124 valence electrons. The van der Waals surface area contributed by atoms with Crippen molar-refractivity contribution < 1.29 is 20.4 Å². The molecule has 4 N–H and O–H groups in total. The predicted molar refractivity (Wildman–Crippen MR) is 94.8 cm³/mol. The van der Waals surface area contributed by atoms with Crippen LogP contribution in [0.5, 0.6) is 23.0 Å². The number of hydrogen-bond acceptors (Lipinski definition) is 6. The molecule has 23 heavy (non-hydrogen) atoms. The van der Waals surface area contributed by atoms with Crippen LogP contribution in [0.2, 0.25) is 0 Å². The third kappa shape index (κ3) is 5.80. The summed E-state index contributed by atoms with van der Waals surface area (Å²) in [6, 6.07) is 9.06. The van der Waals surface area contributed by atoms with E-state index in [0.29, 0.717) is 9.79 Å². The summed E-state index contributed by atoms with van der Waals surface area (Å²) in [7, 11) is 0. The van der Waals surface area contributed by atoms with Gasteiger partial charge < -0.3 is 20.4 Å². The molecule has 0 aliphatic heterocycles. The van der Waals surface area contributed by atoms with Gasteiger partial charge in [0.05, 0.1) is 9.79 Å². The largest absolute Gasteiger partial charge is 0.508 e. The Kier molecular flexibility index (Phi) is 6.80. The fourth-order valence-corrected chi connectivity index (χ4v) is 3.96. The molecule has 0 aliphatic rings. The van der Waals surface area contributed by atoms with Gasteiger partial charge in [0.2, 0.25) is 0 Å². The Bertz CT molecular complexity index is 591. The lowest BCUT2D eigenvalue weighted by molar-refractivity contribution is 0.448. The molecular weight excluding hydrogens is 332 g/mol. The minimum Gasteiger partial charge on any atom is -0.508 e. The Balaban J connectivity index is 1.63. The lowest BCUT2D eigenvalue weighted by atomic mass is 10.3. The maximum Gasteiger partial charge on any atom is 0.129 e. The number of thioether (sulfide) groups is 2. The second-order valence-corrected chi connectivity index (χ2v) is 7.34. The van der Waals surface area contributed by atoms with Crippen LogP contribution in [0.25, 0.3) is 0 Å². The number of rotatable bonds is 8. The van der Waals surface area contributed by atoms with Gasteiger partial charge in [0.25, 0.3) is 0 Å². The summed E-state index contributed by atoms with van der Waals surface area (Å²) in [5, 5.41) is 38.1. The summed E-state index contributed by atoms with van der Waals surface area (Å²) in [4.78, 5) is 1.40. The molecule has 2 rings (SSSR count). The molecule has 2 aromatic rings. The average molecular weight is 352 g/mol. The van der Waals surface area contributed by atoms with Gasteiger partial charge in [-0.1, -0.05) is 6.42 Å². The zero-order chi connectivity index (χ0) is 16.7. The van der Waals surface area contributed by atoms with Crippen molar-refractivity contribution >= 4 is 23.5 Å². The van der Waals surface area contributed by atoms with Gasteiger partial charge >= 0.3 is 0 Å². The number of unbranched alkanes of at least 4 members (excludes halogenated alkanes) is 2. The third-order valence-electron chi connectivity index (χ3n) is 3.19. The van der Waals surface area contributed by atoms with E-state index in [1.165, 1.54) is 47.8 Å². The normalized spacial score (nSPS) is 10.8. The molecule has 0 atom stereocenters. The lowest BCUT2D eigenvalue weighted by Crippen LogP contribution is -1.85. The summed E-state index contributed by atoms with van der Waals surface area (Å²) in [6.07, 6.45) is 3.05. The van der Waals surface area contributed by atoms with E-state index in [0.717, 1.165) is 30.8 Å². The average Bonchev–Trinajstić information content (AvgIpc) is 2.52. The van der Waals surface area contributed by atoms with Crippen molar-refractivity contribution in [3.8, 4) is 23.0 Å². The van der Waals surface area contributed by atoms with E-state index in [1.54, 1.807) is 12.1 Å². The maximum atomic E-state index is 9.67. The van der Waals surface area contributed by atoms with E-state index in [-0.39, 0.29) is 23.0 Å². The Morgan fingerprint density at radius 1 is 0.609 bits per heavy atom. The van der Waals surface area contributed by atoms with Crippen LogP contribution in [-0.4, -0.2) is 31.9 Å². The second-order valence-electron chi connectivity index (χ2n) is 5.06. The first-order valence-corrected chi connectivity index (χ1v) is 9.33. The van der Waals surface area contributed by atoms with E-state index in [9.17, 15) is 20.4 Å². The molecule has 0 unspecified atom stereocenters. The summed E-state index contributed by atoms with van der Waals surface area (Å²) >= 11 is 3.06. The van der Waals surface area contributed by atoms with Crippen LogP contribution < -0.4 is 0 Å². The molecule has 0 spiro atoms. The van der Waals surface area contributed by atoms with Crippen molar-refractivity contribution in [1.82, 2.24) is 0 Å². The highest BCUT2D eigenvalue weighted by Crippen LogP contribution is 2.33. The zero-order valence-electron chi connectivity index (χ0n) is 12.6. The molecule has 0 saturated heterocycles. The topological polar surface area (TPSA) is 80.9 Å². The highest BCUT2D eigenvalue weighted by molar-refractivity contribution is 7.99. The van der Waals surface area contributed by atoms with Crippen LogP contribution in [0.4, 0.5) is 0 Å². The highest BCUT2D eigenvalue weighted by Gasteiger charge is 2.04. The van der Waals surface area contributed by atoms with Crippen LogP contribution in [-0.2, 0) is 0 Å². The molecule has 0 aliphatic carbocycles. The third-order valence-corrected chi connectivity index (χ3v) is 5.45.